The first kappa shape index (κ1) is 10.3. The average Bonchev–Trinajstić information content (AvgIpc) is 2.15. The maximum atomic E-state index is 10.4. The molecule has 0 aromatic carbocycles. The number of nitrogens with two attached hydrogens (primary N) is 1. The fraction of sp³-hybridized carbons (Fsp3) is 0.125. The molecule has 6 heteroatoms. The van der Waals surface area contributed by atoms with Gasteiger partial charge in [-0.05, 0) is 6.07 Å². The third-order valence-corrected chi connectivity index (χ3v) is 1.69. The standard InChI is InChI=1S/C8H7ClN4O/c9-6-1-5(2-10)3-12-8(6)13-4-7(11)14/h1,3H,4H2,(H2,11,14)(H,12,13). The molecule has 0 saturated heterocycles. The van der Waals surface area contributed by atoms with Crippen LogP contribution in [-0.4, -0.2) is 17.4 Å². The molecule has 72 valence electrons. The minimum atomic E-state index is -0.507. The first-order chi connectivity index (χ1) is 6.63. The van der Waals surface area contributed by atoms with E-state index in [2.05, 4.69) is 10.3 Å². The van der Waals surface area contributed by atoms with Gasteiger partial charge in [0.15, 0.2) is 0 Å². The van der Waals surface area contributed by atoms with E-state index in [0.29, 0.717) is 11.4 Å². The number of hydrogen-bond donors (Lipinski definition) is 2. The van der Waals surface area contributed by atoms with Crippen molar-refractivity contribution in [3.05, 3.63) is 22.8 Å². The van der Waals surface area contributed by atoms with Crippen molar-refractivity contribution < 1.29 is 4.79 Å². The quantitative estimate of drug-likeness (QED) is 0.760. The highest BCUT2D eigenvalue weighted by atomic mass is 35.5. The lowest BCUT2D eigenvalue weighted by molar-refractivity contribution is -0.116. The Hall–Kier alpha value is -1.80. The Kier molecular flexibility index (Phi) is 3.26. The number of aromatic nitrogens is 1. The molecule has 0 atom stereocenters. The van der Waals surface area contributed by atoms with Crippen LogP contribution in [0.5, 0.6) is 0 Å². The van der Waals surface area contributed by atoms with Crippen molar-refractivity contribution in [2.24, 2.45) is 5.73 Å². The minimum Gasteiger partial charge on any atom is -0.368 e. The predicted molar refractivity (Wildman–Crippen MR) is 51.6 cm³/mol. The molecule has 1 heterocycles. The van der Waals surface area contributed by atoms with E-state index in [1.54, 1.807) is 0 Å². The van der Waals surface area contributed by atoms with E-state index < -0.39 is 5.91 Å². The molecule has 1 rings (SSSR count). The normalized spacial score (nSPS) is 9.14. The SMILES string of the molecule is N#Cc1cnc(NCC(N)=O)c(Cl)c1. The summed E-state index contributed by atoms with van der Waals surface area (Å²) in [4.78, 5) is 14.3. The number of primary amides is 1. The molecule has 3 N–H and O–H groups in total. The topological polar surface area (TPSA) is 91.8 Å². The van der Waals surface area contributed by atoms with Gasteiger partial charge in [0.2, 0.25) is 5.91 Å². The molecule has 0 radical (unpaired) electrons. The summed E-state index contributed by atoms with van der Waals surface area (Å²) in [5.74, 6) is -0.170. The fourth-order valence-electron chi connectivity index (χ4n) is 0.800. The Bertz CT molecular complexity index is 399. The Morgan fingerprint density at radius 3 is 3.00 bits per heavy atom. The third-order valence-electron chi connectivity index (χ3n) is 1.40. The van der Waals surface area contributed by atoms with E-state index in [0.717, 1.165) is 0 Å². The molecule has 14 heavy (non-hydrogen) atoms. The first-order valence-electron chi connectivity index (χ1n) is 3.71. The van der Waals surface area contributed by atoms with E-state index >= 15 is 0 Å². The summed E-state index contributed by atoms with van der Waals surface area (Å²) in [5, 5.41) is 11.4. The summed E-state index contributed by atoms with van der Waals surface area (Å²) >= 11 is 5.76. The minimum absolute atomic E-state index is 0.0430. The number of rotatable bonds is 3. The summed E-state index contributed by atoms with van der Waals surface area (Å²) in [7, 11) is 0. The summed E-state index contributed by atoms with van der Waals surface area (Å²) in [6, 6.07) is 3.35. The summed E-state index contributed by atoms with van der Waals surface area (Å²) < 4.78 is 0. The van der Waals surface area contributed by atoms with Crippen LogP contribution in [0.3, 0.4) is 0 Å². The van der Waals surface area contributed by atoms with Crippen LogP contribution in [0.25, 0.3) is 0 Å². The zero-order valence-electron chi connectivity index (χ0n) is 7.12. The van der Waals surface area contributed by atoms with Crippen molar-refractivity contribution in [2.45, 2.75) is 0 Å². The van der Waals surface area contributed by atoms with Crippen LogP contribution in [0.1, 0.15) is 5.56 Å². The van der Waals surface area contributed by atoms with Gasteiger partial charge in [0.25, 0.3) is 0 Å². The second-order valence-corrected chi connectivity index (χ2v) is 2.89. The van der Waals surface area contributed by atoms with Crippen molar-refractivity contribution in [3.8, 4) is 6.07 Å². The number of carbonyl (C=O) groups excluding carboxylic acids is 1. The van der Waals surface area contributed by atoms with E-state index in [1.165, 1.54) is 12.3 Å². The molecule has 1 aromatic rings. The number of pyridine rings is 1. The van der Waals surface area contributed by atoms with Crippen molar-refractivity contribution in [1.29, 1.82) is 5.26 Å². The molecule has 0 bridgehead atoms. The molecule has 0 aliphatic rings. The number of carbonyl (C=O) groups is 1. The number of nitrogens with one attached hydrogen (secondary N) is 1. The third kappa shape index (κ3) is 2.61. The highest BCUT2D eigenvalue weighted by molar-refractivity contribution is 6.33. The summed E-state index contributed by atoms with van der Waals surface area (Å²) in [6.45, 7) is -0.0430. The smallest absolute Gasteiger partial charge is 0.236 e. The van der Waals surface area contributed by atoms with Gasteiger partial charge in [-0.2, -0.15) is 5.26 Å². The molecular formula is C8H7ClN4O. The monoisotopic (exact) mass is 210 g/mol. The number of halogens is 1. The van der Waals surface area contributed by atoms with Gasteiger partial charge in [0.1, 0.15) is 11.9 Å². The van der Waals surface area contributed by atoms with E-state index in [-0.39, 0.29) is 11.6 Å². The lowest BCUT2D eigenvalue weighted by Crippen LogP contribution is -2.22. The predicted octanol–water partition coefficient (Wildman–Crippen LogP) is 0.504. The molecule has 0 aliphatic carbocycles. The molecule has 0 spiro atoms. The number of nitriles is 1. The van der Waals surface area contributed by atoms with Gasteiger partial charge in [-0.3, -0.25) is 4.79 Å². The number of amides is 1. The van der Waals surface area contributed by atoms with Crippen LogP contribution in [0, 0.1) is 11.3 Å². The molecule has 0 fully saturated rings. The molecule has 0 unspecified atom stereocenters. The highest BCUT2D eigenvalue weighted by Crippen LogP contribution is 2.19. The van der Waals surface area contributed by atoms with Crippen molar-refractivity contribution >= 4 is 23.3 Å². The highest BCUT2D eigenvalue weighted by Gasteiger charge is 2.03. The van der Waals surface area contributed by atoms with Crippen LogP contribution in [0.15, 0.2) is 12.3 Å². The van der Waals surface area contributed by atoms with Crippen LogP contribution in [0.4, 0.5) is 5.82 Å². The average molecular weight is 211 g/mol. The van der Waals surface area contributed by atoms with Crippen molar-refractivity contribution in [3.63, 3.8) is 0 Å². The molecule has 0 saturated carbocycles. The zero-order valence-corrected chi connectivity index (χ0v) is 7.88. The van der Waals surface area contributed by atoms with Crippen molar-refractivity contribution in [2.75, 3.05) is 11.9 Å². The molecule has 5 nitrogen and oxygen atoms in total. The lowest BCUT2D eigenvalue weighted by Gasteiger charge is -2.04. The Morgan fingerprint density at radius 2 is 2.50 bits per heavy atom. The Morgan fingerprint density at radius 1 is 1.79 bits per heavy atom. The zero-order chi connectivity index (χ0) is 10.6. The van der Waals surface area contributed by atoms with Crippen LogP contribution in [0.2, 0.25) is 5.02 Å². The van der Waals surface area contributed by atoms with E-state index in [4.69, 9.17) is 22.6 Å². The van der Waals surface area contributed by atoms with Crippen LogP contribution < -0.4 is 11.1 Å². The number of hydrogen-bond acceptors (Lipinski definition) is 4. The lowest BCUT2D eigenvalue weighted by atomic mass is 10.3. The van der Waals surface area contributed by atoms with Crippen LogP contribution >= 0.6 is 11.6 Å². The fourth-order valence-corrected chi connectivity index (χ4v) is 1.03. The van der Waals surface area contributed by atoms with Gasteiger partial charge in [-0.25, -0.2) is 4.98 Å². The summed E-state index contributed by atoms with van der Waals surface area (Å²) in [6.07, 6.45) is 1.36. The number of anilines is 1. The second kappa shape index (κ2) is 4.44. The maximum Gasteiger partial charge on any atom is 0.236 e. The van der Waals surface area contributed by atoms with Gasteiger partial charge in [0.05, 0.1) is 17.1 Å². The van der Waals surface area contributed by atoms with Gasteiger partial charge in [-0.15, -0.1) is 0 Å². The second-order valence-electron chi connectivity index (χ2n) is 2.49. The Balaban J connectivity index is 2.80. The molecule has 1 amide bonds. The van der Waals surface area contributed by atoms with Gasteiger partial charge in [-0.1, -0.05) is 11.6 Å². The van der Waals surface area contributed by atoms with Gasteiger partial charge in [0, 0.05) is 6.20 Å². The molecule has 0 aliphatic heterocycles. The maximum absolute atomic E-state index is 10.4. The van der Waals surface area contributed by atoms with E-state index in [1.807, 2.05) is 6.07 Å². The number of nitrogens with zero attached hydrogens (tertiary/aromatic N) is 2. The molecule has 1 aromatic heterocycles. The van der Waals surface area contributed by atoms with E-state index in [9.17, 15) is 4.79 Å². The van der Waals surface area contributed by atoms with Crippen LogP contribution in [-0.2, 0) is 4.79 Å². The molecular weight excluding hydrogens is 204 g/mol. The van der Waals surface area contributed by atoms with Gasteiger partial charge < -0.3 is 11.1 Å². The Labute approximate surface area is 85.5 Å². The largest absolute Gasteiger partial charge is 0.368 e. The van der Waals surface area contributed by atoms with Crippen molar-refractivity contribution in [1.82, 2.24) is 4.98 Å². The summed E-state index contributed by atoms with van der Waals surface area (Å²) in [5.41, 5.74) is 5.28. The van der Waals surface area contributed by atoms with Gasteiger partial charge >= 0.3 is 0 Å². The first-order valence-corrected chi connectivity index (χ1v) is 4.09.